The highest BCUT2D eigenvalue weighted by Crippen LogP contribution is 2.37. The first kappa shape index (κ1) is 13.6. The van der Waals surface area contributed by atoms with Crippen LogP contribution in [0.3, 0.4) is 0 Å². The molecule has 0 radical (unpaired) electrons. The molecule has 2 N–H and O–H groups in total. The van der Waals surface area contributed by atoms with Crippen molar-refractivity contribution in [3.05, 3.63) is 16.3 Å². The number of anilines is 1. The zero-order valence-electron chi connectivity index (χ0n) is 10.8. The molecule has 0 unspecified atom stereocenters. The Morgan fingerprint density at radius 2 is 1.90 bits per heavy atom. The van der Waals surface area contributed by atoms with Crippen molar-refractivity contribution in [3.8, 4) is 0 Å². The Morgan fingerprint density at radius 3 is 2.65 bits per heavy atom. The van der Waals surface area contributed by atoms with Crippen LogP contribution in [0.5, 0.6) is 0 Å². The second-order valence-corrected chi connectivity index (χ2v) is 6.11. The molecule has 7 heteroatoms. The van der Waals surface area contributed by atoms with Gasteiger partial charge in [0.05, 0.1) is 11.8 Å². The zero-order chi connectivity index (χ0) is 14.3. The average Bonchev–Trinajstić information content (AvgIpc) is 2.74. The van der Waals surface area contributed by atoms with Gasteiger partial charge in [0, 0.05) is 11.3 Å². The van der Waals surface area contributed by atoms with Crippen molar-refractivity contribution in [1.29, 1.82) is 0 Å². The summed E-state index contributed by atoms with van der Waals surface area (Å²) in [4.78, 5) is 10.3. The fourth-order valence-electron chi connectivity index (χ4n) is 2.60. The number of alkyl halides is 3. The van der Waals surface area contributed by atoms with Crippen LogP contribution in [0, 0.1) is 0 Å². The zero-order valence-corrected chi connectivity index (χ0v) is 11.6. The molecule has 108 valence electrons. The molecule has 2 aromatic rings. The highest BCUT2D eigenvalue weighted by molar-refractivity contribution is 7.19. The summed E-state index contributed by atoms with van der Waals surface area (Å²) in [6.07, 6.45) is -1.09. The molecule has 0 spiro atoms. The van der Waals surface area contributed by atoms with Crippen molar-refractivity contribution in [1.82, 2.24) is 9.97 Å². The van der Waals surface area contributed by atoms with Crippen molar-refractivity contribution >= 4 is 27.4 Å². The minimum atomic E-state index is -4.19. The number of hydrogen-bond acceptors (Lipinski definition) is 4. The molecule has 0 atom stereocenters. The van der Waals surface area contributed by atoms with E-state index in [0.29, 0.717) is 5.82 Å². The molecule has 0 saturated carbocycles. The lowest BCUT2D eigenvalue weighted by molar-refractivity contribution is -0.134. The van der Waals surface area contributed by atoms with E-state index in [1.54, 1.807) is 11.3 Å². The Morgan fingerprint density at radius 1 is 1.15 bits per heavy atom. The van der Waals surface area contributed by atoms with Crippen LogP contribution in [0.25, 0.3) is 10.2 Å². The molecule has 0 bridgehead atoms. The second kappa shape index (κ2) is 4.87. The fourth-order valence-corrected chi connectivity index (χ4v) is 3.88. The van der Waals surface area contributed by atoms with E-state index in [2.05, 4.69) is 9.97 Å². The van der Waals surface area contributed by atoms with E-state index >= 15 is 0 Å². The fraction of sp³-hybridized carbons (Fsp3) is 0.538. The lowest BCUT2D eigenvalue weighted by Gasteiger charge is -2.11. The second-order valence-electron chi connectivity index (χ2n) is 5.03. The largest absolute Gasteiger partial charge is 0.389 e. The molecule has 0 aromatic carbocycles. The van der Waals surface area contributed by atoms with Gasteiger partial charge in [-0.05, 0) is 31.2 Å². The molecular formula is C13H14F3N3S. The van der Waals surface area contributed by atoms with Crippen molar-refractivity contribution in [2.24, 2.45) is 0 Å². The quantitative estimate of drug-likeness (QED) is 0.921. The monoisotopic (exact) mass is 301 g/mol. The van der Waals surface area contributed by atoms with Gasteiger partial charge in [-0.2, -0.15) is 13.2 Å². The third-order valence-electron chi connectivity index (χ3n) is 3.52. The lowest BCUT2D eigenvalue weighted by Crippen LogP contribution is -2.11. The SMILES string of the molecule is Nc1nc(CCC(F)(F)F)nc2sc3c(c12)CCCC3. The number of aryl methyl sites for hydroxylation is 3. The smallest absolute Gasteiger partial charge is 0.383 e. The molecule has 2 heterocycles. The summed E-state index contributed by atoms with van der Waals surface area (Å²) >= 11 is 1.55. The van der Waals surface area contributed by atoms with E-state index in [0.717, 1.165) is 35.9 Å². The topological polar surface area (TPSA) is 51.8 Å². The Hall–Kier alpha value is -1.37. The van der Waals surface area contributed by atoms with Crippen molar-refractivity contribution in [3.63, 3.8) is 0 Å². The van der Waals surface area contributed by atoms with Crippen LogP contribution in [0.1, 0.15) is 35.5 Å². The minimum absolute atomic E-state index is 0.186. The Bertz CT molecular complexity index is 648. The van der Waals surface area contributed by atoms with Gasteiger partial charge in [-0.25, -0.2) is 9.97 Å². The van der Waals surface area contributed by atoms with Gasteiger partial charge in [-0.15, -0.1) is 11.3 Å². The van der Waals surface area contributed by atoms with Gasteiger partial charge in [0.2, 0.25) is 0 Å². The van der Waals surface area contributed by atoms with Gasteiger partial charge < -0.3 is 5.73 Å². The van der Waals surface area contributed by atoms with E-state index in [4.69, 9.17) is 5.73 Å². The number of nitrogen functional groups attached to an aromatic ring is 1. The molecule has 2 aromatic heterocycles. The number of nitrogens with zero attached hydrogens (tertiary/aromatic N) is 2. The Labute approximate surface area is 118 Å². The van der Waals surface area contributed by atoms with E-state index in [1.165, 1.54) is 10.4 Å². The number of thiophene rings is 1. The van der Waals surface area contributed by atoms with Crippen LogP contribution < -0.4 is 5.73 Å². The van der Waals surface area contributed by atoms with Gasteiger partial charge >= 0.3 is 6.18 Å². The average molecular weight is 301 g/mol. The number of hydrogen-bond donors (Lipinski definition) is 1. The predicted molar refractivity (Wildman–Crippen MR) is 72.8 cm³/mol. The number of rotatable bonds is 2. The van der Waals surface area contributed by atoms with Crippen LogP contribution in [0.2, 0.25) is 0 Å². The van der Waals surface area contributed by atoms with Gasteiger partial charge in [-0.1, -0.05) is 0 Å². The maximum Gasteiger partial charge on any atom is 0.389 e. The highest BCUT2D eigenvalue weighted by Gasteiger charge is 2.27. The summed E-state index contributed by atoms with van der Waals surface area (Å²) in [6.45, 7) is 0. The summed E-state index contributed by atoms with van der Waals surface area (Å²) in [7, 11) is 0. The van der Waals surface area contributed by atoms with Crippen LogP contribution >= 0.6 is 11.3 Å². The first-order valence-corrected chi connectivity index (χ1v) is 7.39. The molecule has 0 aliphatic heterocycles. The summed E-state index contributed by atoms with van der Waals surface area (Å²) in [5.41, 5.74) is 7.14. The van der Waals surface area contributed by atoms with Gasteiger partial charge in [0.15, 0.2) is 0 Å². The Balaban J connectivity index is 1.98. The predicted octanol–water partition coefficient (Wildman–Crippen LogP) is 3.65. The van der Waals surface area contributed by atoms with E-state index in [-0.39, 0.29) is 12.2 Å². The third-order valence-corrected chi connectivity index (χ3v) is 4.71. The number of nitrogens with two attached hydrogens (primary N) is 1. The number of fused-ring (bicyclic) bond motifs is 3. The molecule has 0 fully saturated rings. The Kier molecular flexibility index (Phi) is 3.32. The normalized spacial score (nSPS) is 15.6. The van der Waals surface area contributed by atoms with E-state index in [1.807, 2.05) is 0 Å². The third kappa shape index (κ3) is 2.59. The molecular weight excluding hydrogens is 287 g/mol. The molecule has 0 amide bonds. The van der Waals surface area contributed by atoms with Crippen LogP contribution in [0.4, 0.5) is 19.0 Å². The van der Waals surface area contributed by atoms with Crippen molar-refractivity contribution in [2.45, 2.75) is 44.7 Å². The van der Waals surface area contributed by atoms with Crippen LogP contribution in [-0.4, -0.2) is 16.1 Å². The van der Waals surface area contributed by atoms with Gasteiger partial charge in [0.1, 0.15) is 16.5 Å². The van der Waals surface area contributed by atoms with Crippen LogP contribution in [0.15, 0.2) is 0 Å². The van der Waals surface area contributed by atoms with Crippen molar-refractivity contribution in [2.75, 3.05) is 5.73 Å². The summed E-state index contributed by atoms with van der Waals surface area (Å²) < 4.78 is 36.8. The number of aromatic nitrogens is 2. The summed E-state index contributed by atoms with van der Waals surface area (Å²) in [6, 6.07) is 0. The minimum Gasteiger partial charge on any atom is -0.383 e. The molecule has 1 aliphatic rings. The van der Waals surface area contributed by atoms with E-state index in [9.17, 15) is 13.2 Å². The molecule has 20 heavy (non-hydrogen) atoms. The molecule has 3 rings (SSSR count). The molecule has 0 saturated heterocycles. The maximum atomic E-state index is 12.3. The molecule has 3 nitrogen and oxygen atoms in total. The van der Waals surface area contributed by atoms with Crippen molar-refractivity contribution < 1.29 is 13.2 Å². The van der Waals surface area contributed by atoms with Crippen LogP contribution in [-0.2, 0) is 19.3 Å². The maximum absolute atomic E-state index is 12.3. The highest BCUT2D eigenvalue weighted by atomic mass is 32.1. The van der Waals surface area contributed by atoms with Gasteiger partial charge in [0.25, 0.3) is 0 Å². The van der Waals surface area contributed by atoms with E-state index < -0.39 is 12.6 Å². The molecule has 1 aliphatic carbocycles. The van der Waals surface area contributed by atoms with Gasteiger partial charge in [-0.3, -0.25) is 0 Å². The first-order chi connectivity index (χ1) is 9.44. The number of halogens is 3. The summed E-state index contributed by atoms with van der Waals surface area (Å²) in [5.74, 6) is 0.512. The summed E-state index contributed by atoms with van der Waals surface area (Å²) in [5, 5.41) is 0.862. The lowest BCUT2D eigenvalue weighted by atomic mass is 9.97. The first-order valence-electron chi connectivity index (χ1n) is 6.57. The standard InChI is InChI=1S/C13H14F3N3S/c14-13(15,16)6-5-9-18-11(17)10-7-3-1-2-4-8(7)20-12(10)19-9/h1-6H2,(H2,17,18,19).